The topological polar surface area (TPSA) is 49.3 Å². The fraction of sp³-hybridized carbons (Fsp3) is 0.500. The minimum absolute atomic E-state index is 0.478. The number of nitrogens with one attached hydrogen (secondary N) is 1. The first-order valence-corrected chi connectivity index (χ1v) is 5.80. The molecule has 3 nitrogen and oxygen atoms in total. The number of carboxylic acid groups (broad SMARTS) is 1. The van der Waals surface area contributed by atoms with Crippen LogP contribution in [0.3, 0.4) is 0 Å². The summed E-state index contributed by atoms with van der Waals surface area (Å²) in [7, 11) is 0. The fourth-order valence-electron chi connectivity index (χ4n) is 1.41. The lowest BCUT2D eigenvalue weighted by molar-refractivity contribution is -0.151. The molecule has 2 N–H and O–H groups in total. The van der Waals surface area contributed by atoms with E-state index in [9.17, 15) is 9.90 Å². The first-order chi connectivity index (χ1) is 7.77. The second-order valence-corrected chi connectivity index (χ2v) is 5.39. The molecule has 0 aromatic heterocycles. The molecule has 0 bridgehead atoms. The van der Waals surface area contributed by atoms with E-state index in [2.05, 4.69) is 5.32 Å². The van der Waals surface area contributed by atoms with Crippen LogP contribution in [0.1, 0.15) is 33.3 Å². The van der Waals surface area contributed by atoms with Gasteiger partial charge < -0.3 is 10.4 Å². The van der Waals surface area contributed by atoms with Crippen LogP contribution in [0, 0.1) is 5.41 Å². The van der Waals surface area contributed by atoms with E-state index in [0.29, 0.717) is 6.54 Å². The predicted molar refractivity (Wildman–Crippen MR) is 68.8 cm³/mol. The highest BCUT2D eigenvalue weighted by molar-refractivity contribution is 5.75. The normalized spacial score (nSPS) is 12.5. The fourth-order valence-corrected chi connectivity index (χ4v) is 1.41. The van der Waals surface area contributed by atoms with Gasteiger partial charge in [0.2, 0.25) is 0 Å². The molecule has 0 fully saturated rings. The minimum atomic E-state index is -0.818. The third kappa shape index (κ3) is 3.07. The second-order valence-electron chi connectivity index (χ2n) is 5.39. The summed E-state index contributed by atoms with van der Waals surface area (Å²) in [6.07, 6.45) is 0. The number of carboxylic acids is 1. The SMILES string of the molecule is CC(C)(NCc1ccccc1)C(C)(C)C(=O)O. The summed E-state index contributed by atoms with van der Waals surface area (Å²) < 4.78 is 0. The molecule has 0 saturated heterocycles. The van der Waals surface area contributed by atoms with Crippen molar-refractivity contribution in [1.82, 2.24) is 5.32 Å². The first kappa shape index (κ1) is 13.7. The van der Waals surface area contributed by atoms with E-state index in [-0.39, 0.29) is 0 Å². The van der Waals surface area contributed by atoms with Gasteiger partial charge in [0.05, 0.1) is 5.41 Å². The van der Waals surface area contributed by atoms with E-state index < -0.39 is 16.9 Å². The summed E-state index contributed by atoms with van der Waals surface area (Å²) in [6, 6.07) is 9.97. The summed E-state index contributed by atoms with van der Waals surface area (Å²) in [5.74, 6) is -0.789. The number of hydrogen-bond donors (Lipinski definition) is 2. The van der Waals surface area contributed by atoms with Crippen molar-refractivity contribution in [3.8, 4) is 0 Å². The Morgan fingerprint density at radius 2 is 1.71 bits per heavy atom. The van der Waals surface area contributed by atoms with Gasteiger partial charge in [-0.15, -0.1) is 0 Å². The zero-order valence-corrected chi connectivity index (χ0v) is 10.9. The summed E-state index contributed by atoms with van der Waals surface area (Å²) in [6.45, 7) is 8.00. The molecule has 0 aliphatic carbocycles. The Morgan fingerprint density at radius 1 is 1.18 bits per heavy atom. The van der Waals surface area contributed by atoms with Gasteiger partial charge in [-0.1, -0.05) is 30.3 Å². The molecule has 94 valence electrons. The largest absolute Gasteiger partial charge is 0.481 e. The number of carbonyl (C=O) groups is 1. The van der Waals surface area contributed by atoms with Crippen molar-refractivity contribution in [3.05, 3.63) is 35.9 Å². The predicted octanol–water partition coefficient (Wildman–Crippen LogP) is 2.67. The third-order valence-corrected chi connectivity index (χ3v) is 3.67. The molecule has 0 atom stereocenters. The number of aliphatic carboxylic acids is 1. The summed E-state index contributed by atoms with van der Waals surface area (Å²) in [5, 5.41) is 12.6. The zero-order chi connectivity index (χ0) is 13.1. The molecule has 0 aliphatic heterocycles. The van der Waals surface area contributed by atoms with E-state index >= 15 is 0 Å². The average Bonchev–Trinajstić information content (AvgIpc) is 2.27. The van der Waals surface area contributed by atoms with Crippen molar-refractivity contribution in [1.29, 1.82) is 0 Å². The molecule has 0 saturated carbocycles. The molecular formula is C14H21NO2. The number of benzene rings is 1. The maximum absolute atomic E-state index is 11.2. The lowest BCUT2D eigenvalue weighted by Crippen LogP contribution is -2.54. The summed E-state index contributed by atoms with van der Waals surface area (Å²) >= 11 is 0. The lowest BCUT2D eigenvalue weighted by atomic mass is 9.74. The molecule has 0 aliphatic rings. The molecule has 17 heavy (non-hydrogen) atoms. The Kier molecular flexibility index (Phi) is 3.94. The van der Waals surface area contributed by atoms with Gasteiger partial charge in [0.15, 0.2) is 0 Å². The highest BCUT2D eigenvalue weighted by Crippen LogP contribution is 2.30. The van der Waals surface area contributed by atoms with Gasteiger partial charge in [0.25, 0.3) is 0 Å². The van der Waals surface area contributed by atoms with Gasteiger partial charge in [-0.2, -0.15) is 0 Å². The van der Waals surface area contributed by atoms with Crippen LogP contribution in [0.4, 0.5) is 0 Å². The van der Waals surface area contributed by atoms with Crippen molar-refractivity contribution < 1.29 is 9.90 Å². The molecule has 3 heteroatoms. The number of rotatable bonds is 5. The Bertz CT molecular complexity index is 382. The van der Waals surface area contributed by atoms with Crippen LogP contribution in [0.25, 0.3) is 0 Å². The highest BCUT2D eigenvalue weighted by atomic mass is 16.4. The molecule has 0 amide bonds. The second kappa shape index (κ2) is 4.88. The molecule has 0 heterocycles. The van der Waals surface area contributed by atoms with Crippen LogP contribution in [0.2, 0.25) is 0 Å². The van der Waals surface area contributed by atoms with Gasteiger partial charge in [-0.05, 0) is 33.3 Å². The standard InChI is InChI=1S/C14H21NO2/c1-13(2,12(16)17)14(3,4)15-10-11-8-6-5-7-9-11/h5-9,15H,10H2,1-4H3,(H,16,17). The first-order valence-electron chi connectivity index (χ1n) is 5.80. The molecule has 1 aromatic rings. The van der Waals surface area contributed by atoms with Crippen molar-refractivity contribution in [2.75, 3.05) is 0 Å². The Labute approximate surface area is 103 Å². The molecule has 0 spiro atoms. The maximum Gasteiger partial charge on any atom is 0.310 e. The van der Waals surface area contributed by atoms with Gasteiger partial charge in [0.1, 0.15) is 0 Å². The zero-order valence-electron chi connectivity index (χ0n) is 10.9. The van der Waals surface area contributed by atoms with Crippen LogP contribution in [-0.4, -0.2) is 16.6 Å². The van der Waals surface area contributed by atoms with Crippen molar-refractivity contribution in [3.63, 3.8) is 0 Å². The van der Waals surface area contributed by atoms with Crippen molar-refractivity contribution in [2.24, 2.45) is 5.41 Å². The lowest BCUT2D eigenvalue weighted by Gasteiger charge is -2.39. The van der Waals surface area contributed by atoms with Crippen LogP contribution in [0.15, 0.2) is 30.3 Å². The highest BCUT2D eigenvalue weighted by Gasteiger charge is 2.42. The van der Waals surface area contributed by atoms with E-state index in [1.807, 2.05) is 44.2 Å². The minimum Gasteiger partial charge on any atom is -0.481 e. The molecular weight excluding hydrogens is 214 g/mol. The van der Waals surface area contributed by atoms with Gasteiger partial charge in [0, 0.05) is 12.1 Å². The Morgan fingerprint density at radius 3 is 2.18 bits per heavy atom. The maximum atomic E-state index is 11.2. The van der Waals surface area contributed by atoms with Gasteiger partial charge in [-0.3, -0.25) is 4.79 Å². The molecule has 0 radical (unpaired) electrons. The smallest absolute Gasteiger partial charge is 0.310 e. The third-order valence-electron chi connectivity index (χ3n) is 3.67. The molecule has 0 unspecified atom stereocenters. The molecule has 1 rings (SSSR count). The van der Waals surface area contributed by atoms with E-state index in [1.165, 1.54) is 0 Å². The van der Waals surface area contributed by atoms with Crippen molar-refractivity contribution >= 4 is 5.97 Å². The van der Waals surface area contributed by atoms with E-state index in [0.717, 1.165) is 5.56 Å². The Hall–Kier alpha value is -1.35. The molecule has 1 aromatic carbocycles. The average molecular weight is 235 g/mol. The Balaban J connectivity index is 2.71. The monoisotopic (exact) mass is 235 g/mol. The van der Waals surface area contributed by atoms with Crippen LogP contribution in [0.5, 0.6) is 0 Å². The summed E-state index contributed by atoms with van der Waals surface area (Å²) in [5.41, 5.74) is -0.141. The van der Waals surface area contributed by atoms with E-state index in [1.54, 1.807) is 13.8 Å². The number of hydrogen-bond acceptors (Lipinski definition) is 2. The van der Waals surface area contributed by atoms with Gasteiger partial charge >= 0.3 is 5.97 Å². The van der Waals surface area contributed by atoms with Crippen molar-refractivity contribution in [2.45, 2.75) is 39.8 Å². The van der Waals surface area contributed by atoms with Crippen LogP contribution < -0.4 is 5.32 Å². The van der Waals surface area contributed by atoms with Gasteiger partial charge in [-0.25, -0.2) is 0 Å². The van der Waals surface area contributed by atoms with E-state index in [4.69, 9.17) is 0 Å². The van der Waals surface area contributed by atoms with Crippen LogP contribution >= 0.6 is 0 Å². The van der Waals surface area contributed by atoms with Crippen LogP contribution in [-0.2, 0) is 11.3 Å². The summed E-state index contributed by atoms with van der Waals surface area (Å²) in [4.78, 5) is 11.2. The quantitative estimate of drug-likeness (QED) is 0.825.